The third-order valence-corrected chi connectivity index (χ3v) is 1.13. The van der Waals surface area contributed by atoms with Gasteiger partial charge >= 0.3 is 0 Å². The lowest BCUT2D eigenvalue weighted by molar-refractivity contribution is -1.92. The van der Waals surface area contributed by atoms with E-state index in [4.69, 9.17) is 18.6 Å². The first-order valence-corrected chi connectivity index (χ1v) is 5.60. The van der Waals surface area contributed by atoms with Crippen LogP contribution in [-0.4, -0.2) is 14.6 Å². The summed E-state index contributed by atoms with van der Waals surface area (Å²) in [7, 11) is -4.69. The molecule has 0 atom stereocenters. The van der Waals surface area contributed by atoms with E-state index < -0.39 is 10.2 Å². The van der Waals surface area contributed by atoms with Gasteiger partial charge in [-0.1, -0.05) is 12.1 Å². The fourth-order valence-electron chi connectivity index (χ4n) is 0.625. The van der Waals surface area contributed by atoms with E-state index in [1.54, 1.807) is 24.8 Å². The van der Waals surface area contributed by atoms with Gasteiger partial charge in [-0.25, -0.2) is 0 Å². The van der Waals surface area contributed by atoms with Gasteiger partial charge in [0, 0.05) is 24.8 Å². The van der Waals surface area contributed by atoms with Crippen LogP contribution in [0.3, 0.4) is 0 Å². The van der Waals surface area contributed by atoms with Crippen molar-refractivity contribution in [3.05, 3.63) is 61.2 Å². The number of hydrogen-bond donors (Lipinski definition) is 1. The summed E-state index contributed by atoms with van der Waals surface area (Å²) in [6.45, 7) is 0. The summed E-state index contributed by atoms with van der Waals surface area (Å²) in [5, 5.41) is 0. The Labute approximate surface area is 101 Å². The van der Waals surface area contributed by atoms with Gasteiger partial charge in [-0.05, 0) is 24.3 Å². The maximum absolute atomic E-state index is 8.60. The molecule has 2 rings (SSSR count). The second kappa shape index (κ2) is 9.64. The molecular weight excluding hydrogens is 248 g/mol. The molecule has 0 aliphatic rings. The molecule has 17 heavy (non-hydrogen) atoms. The van der Waals surface area contributed by atoms with Gasteiger partial charge in [0.15, 0.2) is 0 Å². The highest BCUT2D eigenvalue weighted by Crippen LogP contribution is 1.74. The van der Waals surface area contributed by atoms with Crippen LogP contribution in [0.4, 0.5) is 0 Å². The minimum atomic E-state index is -4.69. The Kier molecular flexibility index (Phi) is 8.75. The molecule has 0 amide bonds. The molecule has 0 aliphatic carbocycles. The number of pyridine rings is 2. The van der Waals surface area contributed by atoms with Gasteiger partial charge in [0.05, 0.1) is 14.9 Å². The molecule has 2 aromatic heterocycles. The molecule has 0 spiro atoms. The number of rotatable bonds is 0. The lowest BCUT2D eigenvalue weighted by atomic mass is 10.5. The molecule has 0 fully saturated rings. The zero-order valence-corrected chi connectivity index (χ0v) is 9.47. The largest absolute Gasteiger partial charge is 0.265 e. The van der Waals surface area contributed by atoms with E-state index in [0.29, 0.717) is 0 Å². The third-order valence-electron chi connectivity index (χ3n) is 1.13. The van der Waals surface area contributed by atoms with Crippen molar-refractivity contribution in [3.8, 4) is 0 Å². The van der Waals surface area contributed by atoms with Crippen LogP contribution in [-0.2, 0) is 0 Å². The summed E-state index contributed by atoms with van der Waals surface area (Å²) in [5.74, 6) is 0. The average Bonchev–Trinajstić information content (AvgIpc) is 2.32. The normalized spacial score (nSPS) is 9.18. The van der Waals surface area contributed by atoms with Gasteiger partial charge in [0.2, 0.25) is 0 Å². The molecule has 0 aromatic carbocycles. The first-order chi connectivity index (χ1) is 8.00. The minimum Gasteiger partial charge on any atom is -0.265 e. The van der Waals surface area contributed by atoms with Crippen molar-refractivity contribution >= 4 is 0 Å². The van der Waals surface area contributed by atoms with E-state index in [-0.39, 0.29) is 0 Å². The molecule has 1 N–H and O–H groups in total. The molecule has 0 saturated carbocycles. The van der Waals surface area contributed by atoms with Gasteiger partial charge in [-0.15, -0.1) is 0 Å². The molecule has 2 heterocycles. The molecule has 7 heteroatoms. The Morgan fingerprint density at radius 1 is 0.647 bits per heavy atom. The summed E-state index contributed by atoms with van der Waals surface area (Å²) < 4.78 is 32.7. The van der Waals surface area contributed by atoms with Gasteiger partial charge in [0.25, 0.3) is 0 Å². The van der Waals surface area contributed by atoms with Gasteiger partial charge in [-0.3, -0.25) is 9.97 Å². The Hall–Kier alpha value is -1.57. The summed E-state index contributed by atoms with van der Waals surface area (Å²) in [6, 6.07) is 11.4. The Morgan fingerprint density at radius 3 is 0.941 bits per heavy atom. The van der Waals surface area contributed by atoms with Crippen LogP contribution in [0.25, 0.3) is 0 Å². The van der Waals surface area contributed by atoms with Crippen LogP contribution in [0.2, 0.25) is 0 Å². The van der Waals surface area contributed by atoms with E-state index in [9.17, 15) is 0 Å². The summed E-state index contributed by atoms with van der Waals surface area (Å²) in [6.07, 6.45) is 7.00. The molecule has 0 radical (unpaired) electrons. The van der Waals surface area contributed by atoms with Crippen LogP contribution in [0.15, 0.2) is 61.2 Å². The second-order valence-electron chi connectivity index (χ2n) is 2.45. The van der Waals surface area contributed by atoms with Crippen LogP contribution in [0, 0.1) is 10.2 Å². The smallest absolute Gasteiger partial charge is 0.0777 e. The van der Waals surface area contributed by atoms with Crippen molar-refractivity contribution in [1.29, 1.82) is 0 Å². The predicted molar refractivity (Wildman–Crippen MR) is 50.7 cm³/mol. The van der Waals surface area contributed by atoms with Crippen LogP contribution < -0.4 is 14.0 Å². The minimum absolute atomic E-state index is 1.75. The number of hydrogen-bond acceptors (Lipinski definition) is 6. The Bertz CT molecular complexity index is 265. The SMILES string of the molecule is [O-][Cl+3]([O-])([O-])O.c1ccncc1.c1ccncc1. The maximum Gasteiger partial charge on any atom is 0.0777 e. The summed E-state index contributed by atoms with van der Waals surface area (Å²) in [5.41, 5.74) is 0. The van der Waals surface area contributed by atoms with E-state index in [0.717, 1.165) is 0 Å². The van der Waals surface area contributed by atoms with E-state index in [2.05, 4.69) is 9.97 Å². The Morgan fingerprint density at radius 2 is 0.882 bits per heavy atom. The number of nitrogens with zero attached hydrogens (tertiary/aromatic N) is 2. The molecule has 2 aromatic rings. The van der Waals surface area contributed by atoms with Gasteiger partial charge < -0.3 is 0 Å². The first kappa shape index (κ1) is 15.4. The fraction of sp³-hybridized carbons (Fsp3) is 0. The van der Waals surface area contributed by atoms with Crippen molar-refractivity contribution in [2.45, 2.75) is 0 Å². The highest BCUT2D eigenvalue weighted by atomic mass is 35.7. The van der Waals surface area contributed by atoms with Crippen LogP contribution >= 0.6 is 0 Å². The molecular formula is C10H11ClN2O4. The van der Waals surface area contributed by atoms with Crippen molar-refractivity contribution in [2.24, 2.45) is 0 Å². The third kappa shape index (κ3) is 20.5. The predicted octanol–water partition coefficient (Wildman–Crippen LogP) is -1.96. The summed E-state index contributed by atoms with van der Waals surface area (Å²) in [4.78, 5) is 7.57. The summed E-state index contributed by atoms with van der Waals surface area (Å²) >= 11 is 0. The van der Waals surface area contributed by atoms with E-state index >= 15 is 0 Å². The second-order valence-corrected chi connectivity index (χ2v) is 3.24. The maximum atomic E-state index is 8.60. The number of aromatic nitrogens is 2. The average molecular weight is 259 g/mol. The highest BCUT2D eigenvalue weighted by molar-refractivity contribution is 4.88. The van der Waals surface area contributed by atoms with E-state index in [1.165, 1.54) is 0 Å². The topological polar surface area (TPSA) is 115 Å². The van der Waals surface area contributed by atoms with Crippen LogP contribution in [0.5, 0.6) is 0 Å². The van der Waals surface area contributed by atoms with E-state index in [1.807, 2.05) is 36.4 Å². The standard InChI is InChI=1S/2C5H5N.ClHO4/c2*1-2-4-6-5-3-1;2-1(3,4)5/h2*1-5H;(H,2,3,4,5). The zero-order valence-electron chi connectivity index (χ0n) is 8.72. The zero-order chi connectivity index (χ0) is 13.0. The molecule has 0 bridgehead atoms. The Balaban J connectivity index is 0.000000228. The molecule has 6 nitrogen and oxygen atoms in total. The monoisotopic (exact) mass is 258 g/mol. The van der Waals surface area contributed by atoms with Gasteiger partial charge in [-0.2, -0.15) is 14.0 Å². The quantitative estimate of drug-likeness (QED) is 0.587. The van der Waals surface area contributed by atoms with Crippen LogP contribution in [0.1, 0.15) is 0 Å². The highest BCUT2D eigenvalue weighted by Gasteiger charge is 1.98. The van der Waals surface area contributed by atoms with Crippen molar-refractivity contribution in [2.75, 3.05) is 0 Å². The molecule has 0 saturated heterocycles. The molecule has 0 unspecified atom stereocenters. The lowest BCUT2D eigenvalue weighted by Gasteiger charge is -2.03. The molecule has 0 aliphatic heterocycles. The van der Waals surface area contributed by atoms with Crippen molar-refractivity contribution in [3.63, 3.8) is 0 Å². The number of halogens is 1. The van der Waals surface area contributed by atoms with Gasteiger partial charge in [0.1, 0.15) is 0 Å². The first-order valence-electron chi connectivity index (χ1n) is 4.33. The van der Waals surface area contributed by atoms with Crippen molar-refractivity contribution < 1.29 is 28.9 Å². The molecule has 92 valence electrons. The van der Waals surface area contributed by atoms with Crippen molar-refractivity contribution in [1.82, 2.24) is 9.97 Å². The fourth-order valence-corrected chi connectivity index (χ4v) is 0.625. The lowest BCUT2D eigenvalue weighted by Crippen LogP contribution is -2.58.